The van der Waals surface area contributed by atoms with Crippen molar-refractivity contribution in [2.24, 2.45) is 0 Å². The number of nitrogens with zero attached hydrogens (tertiary/aromatic N) is 2. The maximum atomic E-state index is 12.4. The van der Waals surface area contributed by atoms with Crippen LogP contribution in [0.2, 0.25) is 0 Å². The minimum absolute atomic E-state index is 0.0176. The summed E-state index contributed by atoms with van der Waals surface area (Å²) < 4.78 is 8.49. The molecule has 0 radical (unpaired) electrons. The SMILES string of the molecule is CN1CCOC(Cn2c(=S)[nH]c3ccsc3c2=O)C1. The van der Waals surface area contributed by atoms with Crippen LogP contribution in [0.1, 0.15) is 0 Å². The van der Waals surface area contributed by atoms with Gasteiger partial charge in [-0.3, -0.25) is 9.36 Å². The van der Waals surface area contributed by atoms with Crippen molar-refractivity contribution in [2.75, 3.05) is 26.7 Å². The van der Waals surface area contributed by atoms with Gasteiger partial charge in [0, 0.05) is 13.1 Å². The van der Waals surface area contributed by atoms with Crippen molar-refractivity contribution in [3.8, 4) is 0 Å². The van der Waals surface area contributed by atoms with Gasteiger partial charge in [-0.15, -0.1) is 11.3 Å². The Morgan fingerprint density at radius 2 is 2.47 bits per heavy atom. The molecular weight excluding hydrogens is 282 g/mol. The third kappa shape index (κ3) is 2.51. The fourth-order valence-electron chi connectivity index (χ4n) is 2.32. The Bertz CT molecular complexity index is 703. The molecule has 5 nitrogen and oxygen atoms in total. The fourth-order valence-corrected chi connectivity index (χ4v) is 3.38. The highest BCUT2D eigenvalue weighted by molar-refractivity contribution is 7.71. The molecule has 102 valence electrons. The summed E-state index contributed by atoms with van der Waals surface area (Å²) in [6.07, 6.45) is 0.0176. The molecule has 1 N–H and O–H groups in total. The van der Waals surface area contributed by atoms with Crippen LogP contribution in [0.4, 0.5) is 0 Å². The zero-order valence-corrected chi connectivity index (χ0v) is 12.2. The van der Waals surface area contributed by atoms with Gasteiger partial charge in [-0.1, -0.05) is 0 Å². The average molecular weight is 297 g/mol. The topological polar surface area (TPSA) is 50.3 Å². The number of aromatic amines is 1. The highest BCUT2D eigenvalue weighted by Gasteiger charge is 2.19. The molecule has 2 aromatic heterocycles. The molecule has 3 rings (SSSR count). The number of fused-ring (bicyclic) bond motifs is 1. The summed E-state index contributed by atoms with van der Waals surface area (Å²) in [7, 11) is 2.06. The Hall–Kier alpha value is -1.02. The monoisotopic (exact) mass is 297 g/mol. The second kappa shape index (κ2) is 5.16. The summed E-state index contributed by atoms with van der Waals surface area (Å²) in [6.45, 7) is 2.96. The van der Waals surface area contributed by atoms with E-state index in [0.29, 0.717) is 17.9 Å². The Labute approximate surface area is 119 Å². The lowest BCUT2D eigenvalue weighted by molar-refractivity contribution is -0.0281. The van der Waals surface area contributed by atoms with Gasteiger partial charge in [0.05, 0.1) is 24.8 Å². The number of hydrogen-bond acceptors (Lipinski definition) is 5. The molecule has 0 saturated carbocycles. The van der Waals surface area contributed by atoms with Crippen LogP contribution in [0.15, 0.2) is 16.2 Å². The van der Waals surface area contributed by atoms with Crippen LogP contribution in [0.25, 0.3) is 10.2 Å². The van der Waals surface area contributed by atoms with Crippen molar-refractivity contribution >= 4 is 33.8 Å². The number of ether oxygens (including phenoxy) is 1. The summed E-state index contributed by atoms with van der Waals surface area (Å²) in [5.74, 6) is 0. The standard InChI is InChI=1S/C12H15N3O2S2/c1-14-3-4-17-8(6-14)7-15-11(16)10-9(2-5-19-10)13-12(15)18/h2,5,8H,3-4,6-7H2,1H3,(H,13,18). The molecular formula is C12H15N3O2S2. The number of thiophene rings is 1. The molecule has 3 heterocycles. The number of hydrogen-bond donors (Lipinski definition) is 1. The first-order valence-electron chi connectivity index (χ1n) is 6.15. The Kier molecular flexibility index (Phi) is 3.53. The van der Waals surface area contributed by atoms with Crippen LogP contribution in [0, 0.1) is 4.77 Å². The number of rotatable bonds is 2. The van der Waals surface area contributed by atoms with Gasteiger partial charge in [0.25, 0.3) is 5.56 Å². The predicted octanol–water partition coefficient (Wildman–Crippen LogP) is 1.45. The van der Waals surface area contributed by atoms with Crippen LogP contribution in [-0.4, -0.2) is 47.3 Å². The van der Waals surface area contributed by atoms with Crippen molar-refractivity contribution in [1.82, 2.24) is 14.5 Å². The molecule has 1 atom stereocenters. The Morgan fingerprint density at radius 3 is 3.26 bits per heavy atom. The Morgan fingerprint density at radius 1 is 1.63 bits per heavy atom. The van der Waals surface area contributed by atoms with Gasteiger partial charge in [-0.2, -0.15) is 0 Å². The second-order valence-corrected chi connectivity index (χ2v) is 6.07. The quantitative estimate of drug-likeness (QED) is 0.853. The minimum Gasteiger partial charge on any atom is -0.374 e. The third-order valence-electron chi connectivity index (χ3n) is 3.32. The van der Waals surface area contributed by atoms with Gasteiger partial charge >= 0.3 is 0 Å². The lowest BCUT2D eigenvalue weighted by atomic mass is 10.3. The Balaban J connectivity index is 1.96. The lowest BCUT2D eigenvalue weighted by Crippen LogP contribution is -2.43. The van der Waals surface area contributed by atoms with Gasteiger partial charge in [0.15, 0.2) is 4.77 Å². The van der Waals surface area contributed by atoms with Crippen LogP contribution in [-0.2, 0) is 11.3 Å². The van der Waals surface area contributed by atoms with E-state index in [2.05, 4.69) is 16.9 Å². The van der Waals surface area contributed by atoms with E-state index >= 15 is 0 Å². The second-order valence-electron chi connectivity index (χ2n) is 4.76. The molecule has 0 amide bonds. The van der Waals surface area contributed by atoms with E-state index in [0.717, 1.165) is 23.3 Å². The number of nitrogens with one attached hydrogen (secondary N) is 1. The molecule has 1 saturated heterocycles. The summed E-state index contributed by atoms with van der Waals surface area (Å²) in [5.41, 5.74) is 0.795. The molecule has 1 fully saturated rings. The zero-order chi connectivity index (χ0) is 13.4. The molecule has 19 heavy (non-hydrogen) atoms. The maximum absolute atomic E-state index is 12.4. The van der Waals surface area contributed by atoms with Crippen molar-refractivity contribution in [2.45, 2.75) is 12.6 Å². The normalized spacial score (nSPS) is 21.0. The molecule has 0 spiro atoms. The van der Waals surface area contributed by atoms with Crippen LogP contribution < -0.4 is 5.56 Å². The molecule has 1 unspecified atom stereocenters. The van der Waals surface area contributed by atoms with E-state index in [1.807, 2.05) is 11.4 Å². The number of likely N-dealkylation sites (N-methyl/N-ethyl adjacent to an activating group) is 1. The average Bonchev–Trinajstić information content (AvgIpc) is 2.83. The molecule has 7 heteroatoms. The maximum Gasteiger partial charge on any atom is 0.272 e. The molecule has 0 bridgehead atoms. The van der Waals surface area contributed by atoms with Gasteiger partial charge in [-0.05, 0) is 30.7 Å². The van der Waals surface area contributed by atoms with E-state index in [9.17, 15) is 4.79 Å². The predicted molar refractivity (Wildman–Crippen MR) is 78.5 cm³/mol. The highest BCUT2D eigenvalue weighted by Crippen LogP contribution is 2.14. The first-order chi connectivity index (χ1) is 9.15. The van der Waals surface area contributed by atoms with Crippen molar-refractivity contribution in [3.05, 3.63) is 26.6 Å². The van der Waals surface area contributed by atoms with Gasteiger partial charge < -0.3 is 14.6 Å². The van der Waals surface area contributed by atoms with E-state index in [4.69, 9.17) is 17.0 Å². The van der Waals surface area contributed by atoms with Crippen LogP contribution in [0.5, 0.6) is 0 Å². The molecule has 1 aliphatic rings. The largest absolute Gasteiger partial charge is 0.374 e. The molecule has 0 aliphatic carbocycles. The van der Waals surface area contributed by atoms with E-state index in [1.165, 1.54) is 11.3 Å². The van der Waals surface area contributed by atoms with Crippen molar-refractivity contribution < 1.29 is 4.74 Å². The number of H-pyrrole nitrogens is 1. The summed E-state index contributed by atoms with van der Waals surface area (Å²) >= 11 is 6.71. The van der Waals surface area contributed by atoms with E-state index < -0.39 is 0 Å². The van der Waals surface area contributed by atoms with Crippen molar-refractivity contribution in [1.29, 1.82) is 0 Å². The number of aromatic nitrogens is 2. The summed E-state index contributed by atoms with van der Waals surface area (Å²) in [4.78, 5) is 17.7. The van der Waals surface area contributed by atoms with Crippen LogP contribution >= 0.6 is 23.6 Å². The van der Waals surface area contributed by atoms with Gasteiger partial charge in [0.2, 0.25) is 0 Å². The third-order valence-corrected chi connectivity index (χ3v) is 4.54. The lowest BCUT2D eigenvalue weighted by Gasteiger charge is -2.30. The number of morpholine rings is 1. The first-order valence-corrected chi connectivity index (χ1v) is 7.44. The first kappa shape index (κ1) is 13.0. The fraction of sp³-hybridized carbons (Fsp3) is 0.500. The van der Waals surface area contributed by atoms with E-state index in [-0.39, 0.29) is 11.7 Å². The van der Waals surface area contributed by atoms with Gasteiger partial charge in [0.1, 0.15) is 4.70 Å². The van der Waals surface area contributed by atoms with Crippen LogP contribution in [0.3, 0.4) is 0 Å². The summed E-state index contributed by atoms with van der Waals surface area (Å²) in [5, 5.41) is 1.90. The smallest absolute Gasteiger partial charge is 0.272 e. The molecule has 0 aromatic carbocycles. The van der Waals surface area contributed by atoms with Gasteiger partial charge in [-0.25, -0.2) is 0 Å². The minimum atomic E-state index is -0.0226. The van der Waals surface area contributed by atoms with Crippen molar-refractivity contribution in [3.63, 3.8) is 0 Å². The summed E-state index contributed by atoms with van der Waals surface area (Å²) in [6, 6.07) is 1.88. The molecule has 2 aromatic rings. The van der Waals surface area contributed by atoms with E-state index in [1.54, 1.807) is 4.57 Å². The zero-order valence-electron chi connectivity index (χ0n) is 10.6. The highest BCUT2D eigenvalue weighted by atomic mass is 32.1. The molecule has 1 aliphatic heterocycles.